The summed E-state index contributed by atoms with van der Waals surface area (Å²) in [7, 11) is 3.63. The molecule has 0 aromatic rings. The molecule has 0 aromatic carbocycles. The van der Waals surface area contributed by atoms with Crippen LogP contribution in [0, 0.1) is 5.41 Å². The summed E-state index contributed by atoms with van der Waals surface area (Å²) in [5.74, 6) is 1.07. The molecule has 0 unspecified atom stereocenters. The van der Waals surface area contributed by atoms with Gasteiger partial charge in [-0.25, -0.2) is 0 Å². The van der Waals surface area contributed by atoms with Gasteiger partial charge < -0.3 is 19.7 Å². The molecular weight excluding hydrogens is 417 g/mol. The van der Waals surface area contributed by atoms with Crippen LogP contribution in [0.3, 0.4) is 0 Å². The maximum Gasteiger partial charge on any atom is 0.193 e. The van der Waals surface area contributed by atoms with E-state index in [-0.39, 0.29) is 24.0 Å². The van der Waals surface area contributed by atoms with Crippen LogP contribution < -0.4 is 5.32 Å². The average molecular weight is 453 g/mol. The summed E-state index contributed by atoms with van der Waals surface area (Å²) < 4.78 is 11.0. The van der Waals surface area contributed by atoms with Crippen molar-refractivity contribution in [1.29, 1.82) is 0 Å². The molecule has 1 aliphatic heterocycles. The summed E-state index contributed by atoms with van der Waals surface area (Å²) in [6.07, 6.45) is 9.00. The Morgan fingerprint density at radius 3 is 2.46 bits per heavy atom. The SMILES string of the molecule is CN=C(NCC1(C)CCCC1)N1CCC(OCCCOC)CC1.I. The van der Waals surface area contributed by atoms with Gasteiger partial charge in [0.15, 0.2) is 5.96 Å². The first-order chi connectivity index (χ1) is 11.2. The van der Waals surface area contributed by atoms with E-state index in [1.165, 1.54) is 25.7 Å². The highest BCUT2D eigenvalue weighted by atomic mass is 127. The summed E-state index contributed by atoms with van der Waals surface area (Å²) in [5, 5.41) is 3.61. The predicted molar refractivity (Wildman–Crippen MR) is 110 cm³/mol. The highest BCUT2D eigenvalue weighted by Gasteiger charge is 2.29. The van der Waals surface area contributed by atoms with Crippen molar-refractivity contribution in [3.63, 3.8) is 0 Å². The van der Waals surface area contributed by atoms with Gasteiger partial charge in [0.1, 0.15) is 0 Å². The Hall–Kier alpha value is -0.0800. The predicted octanol–water partition coefficient (Wildman–Crippen LogP) is 3.28. The van der Waals surface area contributed by atoms with Gasteiger partial charge in [0.2, 0.25) is 0 Å². The van der Waals surface area contributed by atoms with Crippen LogP contribution in [0.1, 0.15) is 51.9 Å². The summed E-state index contributed by atoms with van der Waals surface area (Å²) in [6, 6.07) is 0. The van der Waals surface area contributed by atoms with Gasteiger partial charge in [-0.15, -0.1) is 24.0 Å². The molecule has 0 radical (unpaired) electrons. The molecule has 0 amide bonds. The minimum Gasteiger partial charge on any atom is -0.385 e. The smallest absolute Gasteiger partial charge is 0.193 e. The van der Waals surface area contributed by atoms with Crippen LogP contribution in [0.2, 0.25) is 0 Å². The lowest BCUT2D eigenvalue weighted by atomic mass is 9.89. The molecule has 1 N–H and O–H groups in total. The molecule has 142 valence electrons. The quantitative estimate of drug-likeness (QED) is 0.278. The van der Waals surface area contributed by atoms with Gasteiger partial charge >= 0.3 is 0 Å². The van der Waals surface area contributed by atoms with Crippen LogP contribution in [0.5, 0.6) is 0 Å². The second kappa shape index (κ2) is 11.5. The van der Waals surface area contributed by atoms with E-state index in [2.05, 4.69) is 22.1 Å². The lowest BCUT2D eigenvalue weighted by Gasteiger charge is -2.35. The van der Waals surface area contributed by atoms with Crippen LogP contribution in [0.25, 0.3) is 0 Å². The Morgan fingerprint density at radius 2 is 1.88 bits per heavy atom. The van der Waals surface area contributed by atoms with Crippen LogP contribution >= 0.6 is 24.0 Å². The molecule has 0 atom stereocenters. The number of nitrogens with zero attached hydrogens (tertiary/aromatic N) is 2. The number of guanidine groups is 1. The van der Waals surface area contributed by atoms with E-state index in [1.807, 2.05) is 7.05 Å². The van der Waals surface area contributed by atoms with Gasteiger partial charge in [0.25, 0.3) is 0 Å². The topological polar surface area (TPSA) is 46.1 Å². The van der Waals surface area contributed by atoms with Crippen molar-refractivity contribution in [2.24, 2.45) is 10.4 Å². The van der Waals surface area contributed by atoms with E-state index in [0.29, 0.717) is 11.5 Å². The van der Waals surface area contributed by atoms with Crippen molar-refractivity contribution in [3.05, 3.63) is 0 Å². The normalized spacial score (nSPS) is 21.6. The lowest BCUT2D eigenvalue weighted by molar-refractivity contribution is 0.00983. The second-order valence-corrected chi connectivity index (χ2v) is 7.32. The van der Waals surface area contributed by atoms with E-state index in [9.17, 15) is 0 Å². The van der Waals surface area contributed by atoms with Gasteiger partial charge in [-0.3, -0.25) is 4.99 Å². The Morgan fingerprint density at radius 1 is 1.21 bits per heavy atom. The van der Waals surface area contributed by atoms with E-state index in [0.717, 1.165) is 58.1 Å². The van der Waals surface area contributed by atoms with Crippen molar-refractivity contribution < 1.29 is 9.47 Å². The Kier molecular flexibility index (Phi) is 10.5. The van der Waals surface area contributed by atoms with E-state index >= 15 is 0 Å². The average Bonchev–Trinajstić information content (AvgIpc) is 3.00. The molecule has 0 aromatic heterocycles. The third kappa shape index (κ3) is 7.04. The third-order valence-electron chi connectivity index (χ3n) is 5.28. The van der Waals surface area contributed by atoms with Crippen molar-refractivity contribution in [1.82, 2.24) is 10.2 Å². The lowest BCUT2D eigenvalue weighted by Crippen LogP contribution is -2.49. The van der Waals surface area contributed by atoms with E-state index < -0.39 is 0 Å². The summed E-state index contributed by atoms with van der Waals surface area (Å²) in [5.41, 5.74) is 0.457. The van der Waals surface area contributed by atoms with E-state index in [1.54, 1.807) is 7.11 Å². The molecule has 2 aliphatic rings. The first-order valence-corrected chi connectivity index (χ1v) is 9.23. The third-order valence-corrected chi connectivity index (χ3v) is 5.28. The number of ether oxygens (including phenoxy) is 2. The maximum absolute atomic E-state index is 5.94. The summed E-state index contributed by atoms with van der Waals surface area (Å²) in [6.45, 7) is 7.11. The van der Waals surface area contributed by atoms with Gasteiger partial charge in [-0.2, -0.15) is 0 Å². The van der Waals surface area contributed by atoms with Crippen molar-refractivity contribution in [3.8, 4) is 0 Å². The van der Waals surface area contributed by atoms with Gasteiger partial charge in [0, 0.05) is 47.0 Å². The number of hydrogen-bond acceptors (Lipinski definition) is 3. The zero-order valence-corrected chi connectivity index (χ0v) is 18.0. The highest BCUT2D eigenvalue weighted by molar-refractivity contribution is 14.0. The number of rotatable bonds is 7. The Labute approximate surface area is 165 Å². The molecular formula is C18H36IN3O2. The molecule has 1 heterocycles. The molecule has 0 bridgehead atoms. The fourth-order valence-corrected chi connectivity index (χ4v) is 3.72. The van der Waals surface area contributed by atoms with E-state index in [4.69, 9.17) is 9.47 Å². The fraction of sp³-hybridized carbons (Fsp3) is 0.944. The van der Waals surface area contributed by atoms with Crippen molar-refractivity contribution in [2.45, 2.75) is 58.0 Å². The first kappa shape index (κ1) is 22.0. The molecule has 1 saturated carbocycles. The molecule has 2 rings (SSSR count). The zero-order chi connectivity index (χ0) is 16.5. The second-order valence-electron chi connectivity index (χ2n) is 7.32. The number of methoxy groups -OCH3 is 1. The Bertz CT molecular complexity index is 365. The largest absolute Gasteiger partial charge is 0.385 e. The number of likely N-dealkylation sites (tertiary alicyclic amines) is 1. The monoisotopic (exact) mass is 453 g/mol. The van der Waals surface area contributed by atoms with Crippen LogP contribution in [-0.4, -0.2) is 64.0 Å². The number of piperidine rings is 1. The number of halogens is 1. The molecule has 6 heteroatoms. The number of nitrogens with one attached hydrogen (secondary N) is 1. The highest BCUT2D eigenvalue weighted by Crippen LogP contribution is 2.36. The first-order valence-electron chi connectivity index (χ1n) is 9.23. The maximum atomic E-state index is 5.94. The molecule has 1 saturated heterocycles. The van der Waals surface area contributed by atoms with Gasteiger partial charge in [-0.05, 0) is 37.5 Å². The van der Waals surface area contributed by atoms with Gasteiger partial charge in [0.05, 0.1) is 6.10 Å². The standard InChI is InChI=1S/C18H35N3O2.HI/c1-18(9-4-5-10-18)15-20-17(19-2)21-11-7-16(8-12-21)23-14-6-13-22-3;/h16H,4-15H2,1-3H3,(H,19,20);1H. The molecule has 5 nitrogen and oxygen atoms in total. The van der Waals surface area contributed by atoms with Crippen LogP contribution in [0.4, 0.5) is 0 Å². The Balaban J connectivity index is 0.00000288. The zero-order valence-electron chi connectivity index (χ0n) is 15.7. The summed E-state index contributed by atoms with van der Waals surface area (Å²) in [4.78, 5) is 6.87. The number of aliphatic imine (C=N–C) groups is 1. The summed E-state index contributed by atoms with van der Waals surface area (Å²) >= 11 is 0. The number of hydrogen-bond donors (Lipinski definition) is 1. The fourth-order valence-electron chi connectivity index (χ4n) is 3.72. The molecule has 2 fully saturated rings. The molecule has 0 spiro atoms. The van der Waals surface area contributed by atoms with Gasteiger partial charge in [-0.1, -0.05) is 19.8 Å². The minimum absolute atomic E-state index is 0. The minimum atomic E-state index is 0. The molecule has 24 heavy (non-hydrogen) atoms. The molecule has 1 aliphatic carbocycles. The van der Waals surface area contributed by atoms with Crippen LogP contribution in [0.15, 0.2) is 4.99 Å². The van der Waals surface area contributed by atoms with Crippen molar-refractivity contribution >= 4 is 29.9 Å². The van der Waals surface area contributed by atoms with Crippen LogP contribution in [-0.2, 0) is 9.47 Å². The van der Waals surface area contributed by atoms with Crippen molar-refractivity contribution in [2.75, 3.05) is 47.0 Å².